The van der Waals surface area contributed by atoms with Gasteiger partial charge in [0.1, 0.15) is 12.4 Å². The molecule has 1 fully saturated rings. The average Bonchev–Trinajstić information content (AvgIpc) is 3.13. The Labute approximate surface area is 157 Å². The molecule has 3 rings (SSSR count). The molecular formula is C19H23N3O3S. The van der Waals surface area contributed by atoms with Gasteiger partial charge in [-0.3, -0.25) is 4.79 Å². The van der Waals surface area contributed by atoms with Crippen LogP contribution >= 0.6 is 11.3 Å². The minimum absolute atomic E-state index is 0.0638. The molecule has 0 bridgehead atoms. The Morgan fingerprint density at radius 1 is 1.12 bits per heavy atom. The van der Waals surface area contributed by atoms with Crippen molar-refractivity contribution in [3.63, 3.8) is 0 Å². The van der Waals surface area contributed by atoms with E-state index in [-0.39, 0.29) is 11.9 Å². The summed E-state index contributed by atoms with van der Waals surface area (Å²) in [5.41, 5.74) is 1.10. The number of rotatable bonds is 5. The van der Waals surface area contributed by atoms with Crippen molar-refractivity contribution in [1.82, 2.24) is 15.1 Å². The molecule has 3 amide bonds. The van der Waals surface area contributed by atoms with Gasteiger partial charge in [-0.25, -0.2) is 4.79 Å². The summed E-state index contributed by atoms with van der Waals surface area (Å²) in [6.45, 7) is 4.93. The largest absolute Gasteiger partial charge is 0.489 e. The lowest BCUT2D eigenvalue weighted by atomic mass is 10.3. The number of benzene rings is 1. The van der Waals surface area contributed by atoms with Crippen LogP contribution in [0.4, 0.5) is 4.79 Å². The van der Waals surface area contributed by atoms with Crippen molar-refractivity contribution in [1.29, 1.82) is 0 Å². The molecule has 138 valence electrons. The Bertz CT molecular complexity index is 739. The summed E-state index contributed by atoms with van der Waals surface area (Å²) in [6, 6.07) is 11.7. The monoisotopic (exact) mass is 373 g/mol. The molecular weight excluding hydrogens is 350 g/mol. The van der Waals surface area contributed by atoms with E-state index in [1.807, 2.05) is 30.3 Å². The van der Waals surface area contributed by atoms with Gasteiger partial charge >= 0.3 is 6.03 Å². The van der Waals surface area contributed by atoms with Crippen molar-refractivity contribution in [3.8, 4) is 5.75 Å². The van der Waals surface area contributed by atoms with E-state index in [0.717, 1.165) is 16.2 Å². The Morgan fingerprint density at radius 2 is 1.81 bits per heavy atom. The summed E-state index contributed by atoms with van der Waals surface area (Å²) in [5.74, 6) is 0.909. The minimum Gasteiger partial charge on any atom is -0.489 e. The van der Waals surface area contributed by atoms with E-state index in [0.29, 0.717) is 39.3 Å². The molecule has 26 heavy (non-hydrogen) atoms. The molecule has 1 aromatic carbocycles. The van der Waals surface area contributed by atoms with E-state index in [2.05, 4.69) is 16.8 Å². The SMILES string of the molecule is CC(=O)N1CCN(C(=O)NCc2cc(COc3ccccc3)cs2)CC1. The van der Waals surface area contributed by atoms with Gasteiger partial charge in [0, 0.05) is 43.5 Å². The van der Waals surface area contributed by atoms with Crippen LogP contribution in [0.2, 0.25) is 0 Å². The zero-order chi connectivity index (χ0) is 18.4. The molecule has 1 N–H and O–H groups in total. The molecule has 0 unspecified atom stereocenters. The average molecular weight is 373 g/mol. The number of nitrogens with one attached hydrogen (secondary N) is 1. The number of hydrogen-bond acceptors (Lipinski definition) is 4. The molecule has 1 saturated heterocycles. The van der Waals surface area contributed by atoms with Gasteiger partial charge in [-0.05, 0) is 23.6 Å². The summed E-state index contributed by atoms with van der Waals surface area (Å²) in [5, 5.41) is 5.00. The molecule has 2 heterocycles. The van der Waals surface area contributed by atoms with Gasteiger partial charge < -0.3 is 19.9 Å². The number of carbonyl (C=O) groups is 2. The number of nitrogens with zero attached hydrogens (tertiary/aromatic N) is 2. The second-order valence-corrected chi connectivity index (χ2v) is 7.17. The maximum atomic E-state index is 12.3. The maximum Gasteiger partial charge on any atom is 0.317 e. The number of amides is 3. The van der Waals surface area contributed by atoms with Crippen LogP contribution in [0.3, 0.4) is 0 Å². The van der Waals surface area contributed by atoms with Crippen LogP contribution in [0.25, 0.3) is 0 Å². The fourth-order valence-electron chi connectivity index (χ4n) is 2.78. The van der Waals surface area contributed by atoms with Crippen molar-refractivity contribution in [3.05, 3.63) is 52.2 Å². The highest BCUT2D eigenvalue weighted by Gasteiger charge is 2.22. The smallest absolute Gasteiger partial charge is 0.317 e. The molecule has 1 aliphatic rings. The highest BCUT2D eigenvalue weighted by Crippen LogP contribution is 2.17. The normalized spacial score (nSPS) is 14.2. The molecule has 7 heteroatoms. The number of para-hydroxylation sites is 1. The van der Waals surface area contributed by atoms with Crippen LogP contribution in [0.15, 0.2) is 41.8 Å². The third kappa shape index (κ3) is 4.98. The third-order valence-corrected chi connectivity index (χ3v) is 5.27. The first-order valence-electron chi connectivity index (χ1n) is 8.64. The predicted octanol–water partition coefficient (Wildman–Crippen LogP) is 2.70. The first-order chi connectivity index (χ1) is 12.6. The highest BCUT2D eigenvalue weighted by atomic mass is 32.1. The van der Waals surface area contributed by atoms with Crippen LogP contribution < -0.4 is 10.1 Å². The number of urea groups is 1. The van der Waals surface area contributed by atoms with Crippen molar-refractivity contribution < 1.29 is 14.3 Å². The van der Waals surface area contributed by atoms with Gasteiger partial charge in [-0.2, -0.15) is 0 Å². The van der Waals surface area contributed by atoms with E-state index >= 15 is 0 Å². The zero-order valence-electron chi connectivity index (χ0n) is 14.8. The number of piperazine rings is 1. The lowest BCUT2D eigenvalue weighted by molar-refractivity contribution is -0.130. The predicted molar refractivity (Wildman–Crippen MR) is 101 cm³/mol. The Hall–Kier alpha value is -2.54. The van der Waals surface area contributed by atoms with E-state index in [1.54, 1.807) is 28.1 Å². The van der Waals surface area contributed by atoms with Gasteiger partial charge in [0.25, 0.3) is 0 Å². The molecule has 0 saturated carbocycles. The lowest BCUT2D eigenvalue weighted by Crippen LogP contribution is -2.52. The van der Waals surface area contributed by atoms with Crippen LogP contribution in [-0.2, 0) is 17.9 Å². The first-order valence-corrected chi connectivity index (χ1v) is 9.52. The number of carbonyl (C=O) groups excluding carboxylic acids is 2. The fourth-order valence-corrected chi connectivity index (χ4v) is 3.59. The molecule has 0 aliphatic carbocycles. The van der Waals surface area contributed by atoms with E-state index in [1.165, 1.54) is 0 Å². The Balaban J connectivity index is 1.42. The lowest BCUT2D eigenvalue weighted by Gasteiger charge is -2.34. The molecule has 6 nitrogen and oxygen atoms in total. The van der Waals surface area contributed by atoms with Crippen LogP contribution in [-0.4, -0.2) is 47.9 Å². The number of hydrogen-bond donors (Lipinski definition) is 1. The van der Waals surface area contributed by atoms with Crippen LogP contribution in [0.1, 0.15) is 17.4 Å². The molecule has 2 aromatic rings. The number of ether oxygens (including phenoxy) is 1. The fraction of sp³-hybridized carbons (Fsp3) is 0.368. The summed E-state index contributed by atoms with van der Waals surface area (Å²) in [4.78, 5) is 28.2. The van der Waals surface area contributed by atoms with Crippen molar-refractivity contribution in [2.24, 2.45) is 0 Å². The Morgan fingerprint density at radius 3 is 2.50 bits per heavy atom. The second kappa shape index (κ2) is 8.71. The molecule has 0 atom stereocenters. The molecule has 0 spiro atoms. The molecule has 1 aliphatic heterocycles. The topological polar surface area (TPSA) is 61.9 Å². The van der Waals surface area contributed by atoms with Crippen molar-refractivity contribution in [2.75, 3.05) is 26.2 Å². The Kier molecular flexibility index (Phi) is 6.12. The molecule has 0 radical (unpaired) electrons. The van der Waals surface area contributed by atoms with Gasteiger partial charge in [0.2, 0.25) is 5.91 Å². The minimum atomic E-state index is -0.0799. The van der Waals surface area contributed by atoms with Crippen molar-refractivity contribution in [2.45, 2.75) is 20.1 Å². The summed E-state index contributed by atoms with van der Waals surface area (Å²) in [7, 11) is 0. The van der Waals surface area contributed by atoms with Crippen LogP contribution in [0, 0.1) is 0 Å². The van der Waals surface area contributed by atoms with Gasteiger partial charge in [-0.1, -0.05) is 18.2 Å². The van der Waals surface area contributed by atoms with Crippen molar-refractivity contribution >= 4 is 23.3 Å². The summed E-state index contributed by atoms with van der Waals surface area (Å²) >= 11 is 1.61. The maximum absolute atomic E-state index is 12.3. The van der Waals surface area contributed by atoms with E-state index in [9.17, 15) is 9.59 Å². The van der Waals surface area contributed by atoms with E-state index < -0.39 is 0 Å². The van der Waals surface area contributed by atoms with Crippen LogP contribution in [0.5, 0.6) is 5.75 Å². The van der Waals surface area contributed by atoms with Gasteiger partial charge in [0.15, 0.2) is 0 Å². The van der Waals surface area contributed by atoms with Gasteiger partial charge in [0.05, 0.1) is 6.54 Å². The third-order valence-electron chi connectivity index (χ3n) is 4.28. The second-order valence-electron chi connectivity index (χ2n) is 6.17. The zero-order valence-corrected chi connectivity index (χ0v) is 15.6. The van der Waals surface area contributed by atoms with Gasteiger partial charge in [-0.15, -0.1) is 11.3 Å². The standard InChI is InChI=1S/C19H23N3O3S/c1-15(23)21-7-9-22(10-8-21)19(24)20-12-18-11-16(14-26-18)13-25-17-5-3-2-4-6-17/h2-6,11,14H,7-10,12-13H2,1H3,(H,20,24). The highest BCUT2D eigenvalue weighted by molar-refractivity contribution is 7.10. The number of thiophene rings is 1. The summed E-state index contributed by atoms with van der Waals surface area (Å²) < 4.78 is 5.73. The first kappa shape index (κ1) is 18.3. The summed E-state index contributed by atoms with van der Waals surface area (Å²) in [6.07, 6.45) is 0. The quantitative estimate of drug-likeness (QED) is 0.877. The van der Waals surface area contributed by atoms with E-state index in [4.69, 9.17) is 4.74 Å². The molecule has 1 aromatic heterocycles.